The molecule has 9 nitrogen and oxygen atoms in total. The van der Waals surface area contributed by atoms with Crippen LogP contribution in [0.5, 0.6) is 0 Å². The fourth-order valence-corrected chi connectivity index (χ4v) is 4.63. The van der Waals surface area contributed by atoms with Crippen LogP contribution in [-0.2, 0) is 4.74 Å². The molecule has 9 heteroatoms. The van der Waals surface area contributed by atoms with Crippen molar-refractivity contribution in [3.63, 3.8) is 0 Å². The minimum atomic E-state index is -0.529. The van der Waals surface area contributed by atoms with Crippen molar-refractivity contribution in [2.45, 2.75) is 72.1 Å². The Morgan fingerprint density at radius 3 is 2.61 bits per heavy atom. The van der Waals surface area contributed by atoms with E-state index in [1.165, 1.54) is 0 Å². The van der Waals surface area contributed by atoms with Gasteiger partial charge in [-0.05, 0) is 71.6 Å². The maximum atomic E-state index is 12.2. The highest BCUT2D eigenvalue weighted by molar-refractivity contribution is 5.97. The quantitative estimate of drug-likeness (QED) is 0.331. The number of carbonyl (C=O) groups excluding carboxylic acids is 1. The first-order valence-electron chi connectivity index (χ1n) is 12.2. The van der Waals surface area contributed by atoms with E-state index in [9.17, 15) is 4.79 Å². The van der Waals surface area contributed by atoms with Crippen LogP contribution >= 0.6 is 0 Å². The molecule has 1 amide bonds. The molecule has 1 aliphatic rings. The fourth-order valence-electron chi connectivity index (χ4n) is 4.63. The highest BCUT2D eigenvalue weighted by Crippen LogP contribution is 2.34. The minimum Gasteiger partial charge on any atom is -0.444 e. The molecular weight excluding hydrogens is 456 g/mol. The normalized spacial score (nSPS) is 17.6. The Labute approximate surface area is 210 Å². The molecule has 1 saturated carbocycles. The summed E-state index contributed by atoms with van der Waals surface area (Å²) in [6, 6.07) is 6.33. The van der Waals surface area contributed by atoms with Gasteiger partial charge >= 0.3 is 6.09 Å². The summed E-state index contributed by atoms with van der Waals surface area (Å²) in [5.41, 5.74) is 6.28. The Kier molecular flexibility index (Phi) is 5.94. The molecule has 1 aliphatic carbocycles. The van der Waals surface area contributed by atoms with E-state index in [1.54, 1.807) is 0 Å². The average Bonchev–Trinajstić information content (AvgIpc) is 3.37. The molecule has 3 N–H and O–H groups in total. The molecule has 36 heavy (non-hydrogen) atoms. The summed E-state index contributed by atoms with van der Waals surface area (Å²) in [7, 11) is 0. The van der Waals surface area contributed by atoms with Crippen molar-refractivity contribution in [2.24, 2.45) is 0 Å². The van der Waals surface area contributed by atoms with Crippen molar-refractivity contribution in [3.05, 3.63) is 47.6 Å². The second-order valence-electron chi connectivity index (χ2n) is 10.5. The third-order valence-electron chi connectivity index (χ3n) is 6.52. The zero-order valence-corrected chi connectivity index (χ0v) is 21.5. The number of anilines is 1. The molecule has 0 bridgehead atoms. The number of nitrogens with zero attached hydrogens (tertiary/aromatic N) is 3. The standard InChI is InChI=1S/C27H32N6O3/c1-14-12-29-25(30-20-9-10-21(20)31-26(34)35-27(4,5)6)32-24(14)19-13-28-22-11-17(7-8-18(19)22)23-15(2)33-36-16(23)3/h7-8,11-13,20-21,28H,9-10H2,1-6H3,(H,31,34)(H,29,30,32)/t20-,21-/m0/s1. The first-order chi connectivity index (χ1) is 17.1. The number of alkyl carbamates (subject to hydrolysis) is 1. The lowest BCUT2D eigenvalue weighted by molar-refractivity contribution is 0.0472. The number of fused-ring (bicyclic) bond motifs is 1. The van der Waals surface area contributed by atoms with Gasteiger partial charge in [0.15, 0.2) is 0 Å². The minimum absolute atomic E-state index is 0.0240. The second-order valence-corrected chi connectivity index (χ2v) is 10.5. The number of carbonyl (C=O) groups is 1. The Bertz CT molecular complexity index is 1410. The molecule has 0 unspecified atom stereocenters. The summed E-state index contributed by atoms with van der Waals surface area (Å²) in [5, 5.41) is 11.5. The van der Waals surface area contributed by atoms with Gasteiger partial charge < -0.3 is 24.9 Å². The van der Waals surface area contributed by atoms with Crippen molar-refractivity contribution >= 4 is 22.9 Å². The van der Waals surface area contributed by atoms with Crippen LogP contribution in [0.15, 0.2) is 35.1 Å². The Morgan fingerprint density at radius 2 is 1.94 bits per heavy atom. The highest BCUT2D eigenvalue weighted by atomic mass is 16.6. The molecule has 1 fully saturated rings. The molecule has 2 atom stereocenters. The van der Waals surface area contributed by atoms with Gasteiger partial charge in [-0.3, -0.25) is 0 Å². The van der Waals surface area contributed by atoms with Gasteiger partial charge in [0.1, 0.15) is 11.4 Å². The van der Waals surface area contributed by atoms with Crippen LogP contribution in [0.1, 0.15) is 50.6 Å². The van der Waals surface area contributed by atoms with Gasteiger partial charge in [-0.25, -0.2) is 14.8 Å². The molecule has 188 valence electrons. The predicted molar refractivity (Wildman–Crippen MR) is 139 cm³/mol. The number of ether oxygens (including phenoxy) is 1. The number of aromatic nitrogens is 4. The van der Waals surface area contributed by atoms with Crippen LogP contribution in [0.4, 0.5) is 10.7 Å². The number of hydrogen-bond acceptors (Lipinski definition) is 7. The van der Waals surface area contributed by atoms with Crippen LogP contribution < -0.4 is 10.6 Å². The fraction of sp³-hybridized carbons (Fsp3) is 0.407. The molecule has 1 aromatic carbocycles. The molecule has 4 aromatic rings. The molecule has 0 radical (unpaired) electrons. The molecule has 3 aromatic heterocycles. The lowest BCUT2D eigenvalue weighted by atomic mass is 9.86. The van der Waals surface area contributed by atoms with Gasteiger partial charge in [-0.1, -0.05) is 17.3 Å². The smallest absolute Gasteiger partial charge is 0.407 e. The highest BCUT2D eigenvalue weighted by Gasteiger charge is 2.34. The molecule has 0 spiro atoms. The third-order valence-corrected chi connectivity index (χ3v) is 6.52. The van der Waals surface area contributed by atoms with Crippen LogP contribution in [0, 0.1) is 20.8 Å². The summed E-state index contributed by atoms with van der Waals surface area (Å²) < 4.78 is 10.7. The second kappa shape index (κ2) is 8.96. The van der Waals surface area contributed by atoms with E-state index in [2.05, 4.69) is 44.0 Å². The summed E-state index contributed by atoms with van der Waals surface area (Å²) in [5.74, 6) is 1.34. The van der Waals surface area contributed by atoms with E-state index in [0.29, 0.717) is 5.95 Å². The zero-order valence-electron chi connectivity index (χ0n) is 21.5. The number of aromatic amines is 1. The topological polar surface area (TPSA) is 118 Å². The van der Waals surface area contributed by atoms with Crippen molar-refractivity contribution in [3.8, 4) is 22.4 Å². The van der Waals surface area contributed by atoms with Crippen molar-refractivity contribution < 1.29 is 14.1 Å². The lowest BCUT2D eigenvalue weighted by Gasteiger charge is -2.37. The summed E-state index contributed by atoms with van der Waals surface area (Å²) in [4.78, 5) is 24.9. The van der Waals surface area contributed by atoms with Crippen molar-refractivity contribution in [1.29, 1.82) is 0 Å². The van der Waals surface area contributed by atoms with E-state index < -0.39 is 11.7 Å². The van der Waals surface area contributed by atoms with Crippen molar-refractivity contribution in [2.75, 3.05) is 5.32 Å². The zero-order chi connectivity index (χ0) is 25.6. The summed E-state index contributed by atoms with van der Waals surface area (Å²) in [6.07, 6.45) is 5.21. The SMILES string of the molecule is Cc1cnc(N[C@H]2CC[C@@H]2NC(=O)OC(C)(C)C)nc1-c1c[nH]c2cc(-c3c(C)noc3C)ccc12. The maximum absolute atomic E-state index is 12.2. The number of rotatable bonds is 5. The molecule has 5 rings (SSSR count). The van der Waals surface area contributed by atoms with Gasteiger partial charge in [0, 0.05) is 40.5 Å². The van der Waals surface area contributed by atoms with E-state index >= 15 is 0 Å². The van der Waals surface area contributed by atoms with Crippen LogP contribution in [0.2, 0.25) is 0 Å². The Hall–Kier alpha value is -3.88. The van der Waals surface area contributed by atoms with Crippen LogP contribution in [0.25, 0.3) is 33.3 Å². The van der Waals surface area contributed by atoms with E-state index in [-0.39, 0.29) is 12.1 Å². The molecule has 3 heterocycles. The maximum Gasteiger partial charge on any atom is 0.407 e. The predicted octanol–water partition coefficient (Wildman–Crippen LogP) is 5.67. The van der Waals surface area contributed by atoms with Gasteiger partial charge in [-0.15, -0.1) is 0 Å². The molecule has 0 saturated heterocycles. The third kappa shape index (κ3) is 4.65. The first-order valence-corrected chi connectivity index (χ1v) is 12.2. The number of H-pyrrole nitrogens is 1. The first kappa shape index (κ1) is 23.8. The molecular formula is C27H32N6O3. The monoisotopic (exact) mass is 488 g/mol. The van der Waals surface area contributed by atoms with Crippen LogP contribution in [-0.4, -0.2) is 43.9 Å². The average molecular weight is 489 g/mol. The van der Waals surface area contributed by atoms with E-state index in [4.69, 9.17) is 14.2 Å². The Balaban J connectivity index is 1.36. The summed E-state index contributed by atoms with van der Waals surface area (Å²) >= 11 is 0. The van der Waals surface area contributed by atoms with Gasteiger partial charge in [0.2, 0.25) is 5.95 Å². The van der Waals surface area contributed by atoms with Gasteiger partial charge in [-0.2, -0.15) is 0 Å². The molecule has 0 aliphatic heterocycles. The number of benzene rings is 1. The number of hydrogen-bond donors (Lipinski definition) is 3. The largest absolute Gasteiger partial charge is 0.444 e. The van der Waals surface area contributed by atoms with E-state index in [1.807, 2.05) is 53.9 Å². The number of amides is 1. The van der Waals surface area contributed by atoms with Crippen molar-refractivity contribution in [1.82, 2.24) is 25.4 Å². The van der Waals surface area contributed by atoms with Gasteiger partial charge in [0.05, 0.1) is 17.4 Å². The van der Waals surface area contributed by atoms with E-state index in [0.717, 1.165) is 63.1 Å². The van der Waals surface area contributed by atoms with Gasteiger partial charge in [0.25, 0.3) is 0 Å². The van der Waals surface area contributed by atoms with Crippen LogP contribution in [0.3, 0.4) is 0 Å². The number of nitrogens with one attached hydrogen (secondary N) is 3. The number of aryl methyl sites for hydroxylation is 3. The lowest BCUT2D eigenvalue weighted by Crippen LogP contribution is -2.54. The summed E-state index contributed by atoms with van der Waals surface area (Å²) in [6.45, 7) is 11.4. The Morgan fingerprint density at radius 1 is 1.17 bits per heavy atom.